The Morgan fingerprint density at radius 3 is 2.48 bits per heavy atom. The van der Waals surface area contributed by atoms with Crippen LogP contribution in [0.15, 0.2) is 59.0 Å². The molecule has 42 heavy (non-hydrogen) atoms. The van der Waals surface area contributed by atoms with Crippen LogP contribution in [0, 0.1) is 18.8 Å². The van der Waals surface area contributed by atoms with Gasteiger partial charge in [0.15, 0.2) is 5.78 Å². The second kappa shape index (κ2) is 12.6. The fourth-order valence-electron chi connectivity index (χ4n) is 6.45. The number of hydrogen-bond acceptors (Lipinski definition) is 6. The van der Waals surface area contributed by atoms with Gasteiger partial charge in [-0.15, -0.1) is 11.3 Å². The number of rotatable bonds is 8. The Hall–Kier alpha value is -3.85. The average molecular weight is 584 g/mol. The Labute approximate surface area is 250 Å². The third kappa shape index (κ3) is 6.16. The number of carbonyl (C=O) groups excluding carboxylic acids is 3. The molecule has 1 aromatic heterocycles. The van der Waals surface area contributed by atoms with Crippen LogP contribution in [0.5, 0.6) is 0 Å². The van der Waals surface area contributed by atoms with E-state index in [-0.39, 0.29) is 36.6 Å². The van der Waals surface area contributed by atoms with Crippen LogP contribution in [0.3, 0.4) is 0 Å². The second-order valence-corrected chi connectivity index (χ2v) is 12.7. The summed E-state index contributed by atoms with van der Waals surface area (Å²) in [6, 6.07) is 14.9. The highest BCUT2D eigenvalue weighted by Gasteiger charge is 2.36. The third-order valence-electron chi connectivity index (χ3n) is 8.62. The number of hydrazone groups is 1. The molecule has 6 rings (SSSR count). The maximum absolute atomic E-state index is 14.1. The Morgan fingerprint density at radius 1 is 0.952 bits per heavy atom. The van der Waals surface area contributed by atoms with E-state index in [0.717, 1.165) is 78.9 Å². The fourth-order valence-corrected chi connectivity index (χ4v) is 7.07. The van der Waals surface area contributed by atoms with Crippen LogP contribution in [-0.2, 0) is 9.59 Å². The Bertz CT molecular complexity index is 1500. The smallest absolute Gasteiger partial charge is 0.324 e. The molecular weight excluding hydrogens is 546 g/mol. The standard InChI is InChI=1S/C33H37N5O3S/c1-22-34-28(21-42-22)25-14-9-15-26(18-25)35-31(40)20-38-33(41)37(19-30(39)23-10-5-6-11-23)29-17-8-7-16-27(29)32(36-38)24-12-3-2-4-13-24/h7-9,14-18,21,23-24H,2-6,10-13,19-20H2,1H3,(H,35,40). The van der Waals surface area contributed by atoms with E-state index in [9.17, 15) is 14.4 Å². The number of anilines is 2. The van der Waals surface area contributed by atoms with Crippen molar-refractivity contribution in [1.82, 2.24) is 9.99 Å². The van der Waals surface area contributed by atoms with Gasteiger partial charge in [-0.25, -0.2) is 14.8 Å². The molecule has 2 heterocycles. The number of fused-ring (bicyclic) bond motifs is 1. The minimum Gasteiger partial charge on any atom is -0.324 e. The molecule has 0 unspecified atom stereocenters. The minimum absolute atomic E-state index is 0.0127. The fraction of sp³-hybridized carbons (Fsp3) is 0.424. The summed E-state index contributed by atoms with van der Waals surface area (Å²) < 4.78 is 0. The molecule has 1 aliphatic heterocycles. The number of urea groups is 1. The van der Waals surface area contributed by atoms with E-state index >= 15 is 0 Å². The predicted octanol–water partition coefficient (Wildman–Crippen LogP) is 7.04. The SMILES string of the molecule is Cc1nc(-c2cccc(NC(=O)CN3N=C(C4CCCCC4)c4ccccc4N(CC(=O)C4CCCC4)C3=O)c2)cs1. The van der Waals surface area contributed by atoms with Crippen LogP contribution >= 0.6 is 11.3 Å². The van der Waals surface area contributed by atoms with Crippen LogP contribution < -0.4 is 10.2 Å². The number of aryl methyl sites for hydroxylation is 1. The van der Waals surface area contributed by atoms with Gasteiger partial charge in [-0.2, -0.15) is 5.10 Å². The summed E-state index contributed by atoms with van der Waals surface area (Å²) in [7, 11) is 0. The number of aromatic nitrogens is 1. The first kappa shape index (κ1) is 28.3. The largest absolute Gasteiger partial charge is 0.345 e. The van der Waals surface area contributed by atoms with Crippen LogP contribution in [0.1, 0.15) is 68.4 Å². The van der Waals surface area contributed by atoms with E-state index in [1.165, 1.54) is 11.4 Å². The van der Waals surface area contributed by atoms with Gasteiger partial charge >= 0.3 is 6.03 Å². The molecule has 3 amide bonds. The van der Waals surface area contributed by atoms with Crippen LogP contribution in [0.25, 0.3) is 11.3 Å². The number of thiazole rings is 1. The highest BCUT2D eigenvalue weighted by molar-refractivity contribution is 7.09. The number of Topliss-reactive ketones (excluding diaryl/α,β-unsaturated/α-hetero) is 1. The van der Waals surface area contributed by atoms with Gasteiger partial charge in [0, 0.05) is 34.0 Å². The first-order valence-electron chi connectivity index (χ1n) is 15.1. The number of nitrogens with zero attached hydrogens (tertiary/aromatic N) is 4. The summed E-state index contributed by atoms with van der Waals surface area (Å²) in [5.41, 5.74) is 4.81. The van der Waals surface area contributed by atoms with E-state index in [1.807, 2.05) is 60.8 Å². The summed E-state index contributed by atoms with van der Waals surface area (Å²) in [5.74, 6) is -0.0931. The minimum atomic E-state index is -0.443. The van der Waals surface area contributed by atoms with Crippen molar-refractivity contribution in [2.24, 2.45) is 16.9 Å². The molecule has 3 aliphatic rings. The zero-order valence-corrected chi connectivity index (χ0v) is 24.9. The molecule has 2 aromatic carbocycles. The van der Waals surface area contributed by atoms with E-state index in [2.05, 4.69) is 10.3 Å². The number of hydrogen-bond donors (Lipinski definition) is 1. The molecule has 1 N–H and O–H groups in total. The molecule has 8 nitrogen and oxygen atoms in total. The van der Waals surface area contributed by atoms with Crippen molar-refractivity contribution in [1.29, 1.82) is 0 Å². The zero-order valence-electron chi connectivity index (χ0n) is 24.1. The summed E-state index contributed by atoms with van der Waals surface area (Å²) in [6.45, 7) is 1.70. The van der Waals surface area contributed by atoms with Crippen molar-refractivity contribution in [3.63, 3.8) is 0 Å². The Kier molecular flexibility index (Phi) is 8.46. The van der Waals surface area contributed by atoms with Crippen LogP contribution in [0.4, 0.5) is 16.2 Å². The second-order valence-electron chi connectivity index (χ2n) is 11.6. The van der Waals surface area contributed by atoms with Crippen LogP contribution in [0.2, 0.25) is 0 Å². The van der Waals surface area contributed by atoms with Crippen molar-refractivity contribution in [2.75, 3.05) is 23.3 Å². The monoisotopic (exact) mass is 583 g/mol. The number of benzene rings is 2. The van der Waals surface area contributed by atoms with Gasteiger partial charge in [0.1, 0.15) is 6.54 Å². The maximum atomic E-state index is 14.1. The van der Waals surface area contributed by atoms with Gasteiger partial charge in [-0.05, 0) is 50.8 Å². The molecule has 0 radical (unpaired) electrons. The van der Waals surface area contributed by atoms with Gasteiger partial charge in [0.25, 0.3) is 0 Å². The van der Waals surface area contributed by atoms with Gasteiger partial charge < -0.3 is 5.32 Å². The van der Waals surface area contributed by atoms with Crippen molar-refractivity contribution in [3.05, 3.63) is 64.5 Å². The summed E-state index contributed by atoms with van der Waals surface area (Å²) in [6.07, 6.45) is 9.24. The lowest BCUT2D eigenvalue weighted by Gasteiger charge is -2.26. The normalized spacial score (nSPS) is 18.0. The topological polar surface area (TPSA) is 95.0 Å². The van der Waals surface area contributed by atoms with E-state index in [1.54, 1.807) is 16.2 Å². The molecule has 218 valence electrons. The van der Waals surface area contributed by atoms with Crippen molar-refractivity contribution < 1.29 is 14.4 Å². The molecule has 2 saturated carbocycles. The number of ketones is 1. The zero-order chi connectivity index (χ0) is 29.1. The molecule has 2 fully saturated rings. The number of para-hydroxylation sites is 1. The number of amides is 3. The van der Waals surface area contributed by atoms with Crippen molar-refractivity contribution in [2.45, 2.75) is 64.7 Å². The quantitative estimate of drug-likeness (QED) is 0.308. The summed E-state index contributed by atoms with van der Waals surface area (Å²) >= 11 is 1.58. The van der Waals surface area contributed by atoms with Gasteiger partial charge in [-0.3, -0.25) is 14.5 Å². The molecule has 0 atom stereocenters. The first-order chi connectivity index (χ1) is 20.5. The molecule has 2 aliphatic carbocycles. The maximum Gasteiger partial charge on any atom is 0.345 e. The molecular formula is C33H37N5O3S. The highest BCUT2D eigenvalue weighted by Crippen LogP contribution is 2.35. The Balaban J connectivity index is 1.29. The van der Waals surface area contributed by atoms with E-state index in [0.29, 0.717) is 11.4 Å². The van der Waals surface area contributed by atoms with Gasteiger partial charge in [0.2, 0.25) is 5.91 Å². The average Bonchev–Trinajstić information content (AvgIpc) is 3.69. The molecule has 0 saturated heterocycles. The van der Waals surface area contributed by atoms with Crippen LogP contribution in [-0.4, -0.2) is 46.5 Å². The third-order valence-corrected chi connectivity index (χ3v) is 9.40. The van der Waals surface area contributed by atoms with Crippen molar-refractivity contribution in [3.8, 4) is 11.3 Å². The highest BCUT2D eigenvalue weighted by atomic mass is 32.1. The van der Waals surface area contributed by atoms with Gasteiger partial charge in [-0.1, -0.05) is 62.4 Å². The summed E-state index contributed by atoms with van der Waals surface area (Å²) in [4.78, 5) is 47.0. The molecule has 9 heteroatoms. The van der Waals surface area contributed by atoms with Gasteiger partial charge in [0.05, 0.1) is 28.6 Å². The van der Waals surface area contributed by atoms with E-state index < -0.39 is 6.03 Å². The molecule has 0 bridgehead atoms. The van der Waals surface area contributed by atoms with E-state index in [4.69, 9.17) is 5.10 Å². The Morgan fingerprint density at radius 2 is 1.71 bits per heavy atom. The summed E-state index contributed by atoms with van der Waals surface area (Å²) in [5, 5.41) is 12.1. The lowest BCUT2D eigenvalue weighted by Crippen LogP contribution is -2.46. The van der Waals surface area contributed by atoms with Crippen molar-refractivity contribution >= 4 is 46.1 Å². The molecule has 0 spiro atoms. The first-order valence-corrected chi connectivity index (χ1v) is 16.0. The lowest BCUT2D eigenvalue weighted by atomic mass is 9.83. The number of carbonyl (C=O) groups is 3. The predicted molar refractivity (Wildman–Crippen MR) is 167 cm³/mol. The number of nitrogens with one attached hydrogen (secondary N) is 1. The molecule has 3 aromatic rings. The lowest BCUT2D eigenvalue weighted by molar-refractivity contribution is -0.121.